The van der Waals surface area contributed by atoms with Crippen molar-refractivity contribution in [1.29, 1.82) is 0 Å². The molecule has 0 saturated carbocycles. The van der Waals surface area contributed by atoms with E-state index in [1.54, 1.807) is 9.80 Å². The van der Waals surface area contributed by atoms with Gasteiger partial charge in [0.1, 0.15) is 22.9 Å². The van der Waals surface area contributed by atoms with Gasteiger partial charge in [-0.3, -0.25) is 9.80 Å². The molecule has 2 saturated heterocycles. The van der Waals surface area contributed by atoms with Crippen LogP contribution in [0.3, 0.4) is 0 Å². The Kier molecular flexibility index (Phi) is 8.96. The van der Waals surface area contributed by atoms with Gasteiger partial charge in [-0.1, -0.05) is 24.3 Å². The maximum atomic E-state index is 12.5. The molecular formula is C32H42N4O4. The summed E-state index contributed by atoms with van der Waals surface area (Å²) in [5.41, 5.74) is 3.07. The van der Waals surface area contributed by atoms with Crippen LogP contribution in [0.4, 0.5) is 21.0 Å². The van der Waals surface area contributed by atoms with E-state index in [1.165, 1.54) is 11.1 Å². The average molecular weight is 547 g/mol. The third-order valence-electron chi connectivity index (χ3n) is 6.51. The molecule has 214 valence electrons. The molecule has 2 amide bonds. The van der Waals surface area contributed by atoms with E-state index in [4.69, 9.17) is 19.5 Å². The fourth-order valence-corrected chi connectivity index (χ4v) is 4.64. The van der Waals surface area contributed by atoms with E-state index in [0.717, 1.165) is 61.6 Å². The highest BCUT2D eigenvalue weighted by atomic mass is 16.6. The number of amides is 2. The Hall–Kier alpha value is -3.68. The van der Waals surface area contributed by atoms with E-state index in [0.29, 0.717) is 13.1 Å². The number of hydrogen-bond acceptors (Lipinski definition) is 6. The smallest absolute Gasteiger partial charge is 0.415 e. The van der Waals surface area contributed by atoms with Gasteiger partial charge in [-0.25, -0.2) is 19.6 Å². The van der Waals surface area contributed by atoms with Gasteiger partial charge in [-0.05, 0) is 103 Å². The normalized spacial score (nSPS) is 18.1. The van der Waals surface area contributed by atoms with Crippen molar-refractivity contribution in [2.75, 3.05) is 13.1 Å². The first-order chi connectivity index (χ1) is 18.9. The van der Waals surface area contributed by atoms with Crippen molar-refractivity contribution in [1.82, 2.24) is 9.80 Å². The molecule has 0 aromatic heterocycles. The molecular weight excluding hydrogens is 504 g/mol. The van der Waals surface area contributed by atoms with Gasteiger partial charge in [-0.15, -0.1) is 0 Å². The van der Waals surface area contributed by atoms with Crippen LogP contribution in [0.5, 0.6) is 0 Å². The molecule has 2 aliphatic rings. The van der Waals surface area contributed by atoms with Crippen molar-refractivity contribution in [2.45, 2.75) is 91.3 Å². The van der Waals surface area contributed by atoms with Gasteiger partial charge < -0.3 is 9.47 Å². The van der Waals surface area contributed by atoms with Crippen LogP contribution in [0.2, 0.25) is 0 Å². The summed E-state index contributed by atoms with van der Waals surface area (Å²) in [7, 11) is 0. The van der Waals surface area contributed by atoms with E-state index in [2.05, 4.69) is 24.3 Å². The second-order valence-corrected chi connectivity index (χ2v) is 12.4. The van der Waals surface area contributed by atoms with Crippen LogP contribution in [-0.2, 0) is 22.3 Å². The molecule has 0 unspecified atom stereocenters. The Labute approximate surface area is 238 Å². The van der Waals surface area contributed by atoms with Crippen LogP contribution < -0.4 is 0 Å². The fraction of sp³-hybridized carbons (Fsp3) is 0.500. The molecule has 0 aliphatic carbocycles. The SMILES string of the molecule is CC(C)(C)OC(=O)N1CCC/C1=N/c1ccc(CCc2ccc(/N=C3\CCCN3C(=O)OC(C)(C)C)cc2)cc1. The predicted octanol–water partition coefficient (Wildman–Crippen LogP) is 7.59. The molecule has 0 spiro atoms. The molecule has 0 atom stereocenters. The van der Waals surface area contributed by atoms with E-state index in [-0.39, 0.29) is 12.2 Å². The lowest BCUT2D eigenvalue weighted by Crippen LogP contribution is -2.37. The summed E-state index contributed by atoms with van der Waals surface area (Å²) in [5.74, 6) is 1.52. The number of ether oxygens (including phenoxy) is 2. The van der Waals surface area contributed by atoms with E-state index < -0.39 is 11.2 Å². The second-order valence-electron chi connectivity index (χ2n) is 12.4. The number of amidine groups is 2. The van der Waals surface area contributed by atoms with Gasteiger partial charge in [0.25, 0.3) is 0 Å². The molecule has 2 heterocycles. The number of benzene rings is 2. The third kappa shape index (κ3) is 8.41. The summed E-state index contributed by atoms with van der Waals surface area (Å²) in [6.45, 7) is 12.5. The summed E-state index contributed by atoms with van der Waals surface area (Å²) < 4.78 is 11.1. The van der Waals surface area contributed by atoms with Gasteiger partial charge in [0, 0.05) is 25.9 Å². The van der Waals surface area contributed by atoms with Crippen LogP contribution in [0.15, 0.2) is 58.5 Å². The van der Waals surface area contributed by atoms with E-state index in [1.807, 2.05) is 65.8 Å². The third-order valence-corrected chi connectivity index (χ3v) is 6.51. The number of carbonyl (C=O) groups excluding carboxylic acids is 2. The molecule has 4 rings (SSSR count). The zero-order valence-electron chi connectivity index (χ0n) is 24.7. The molecule has 2 aliphatic heterocycles. The number of nitrogens with zero attached hydrogens (tertiary/aromatic N) is 4. The van der Waals surface area contributed by atoms with Crippen LogP contribution >= 0.6 is 0 Å². The van der Waals surface area contributed by atoms with Crippen molar-refractivity contribution < 1.29 is 19.1 Å². The van der Waals surface area contributed by atoms with Gasteiger partial charge in [-0.2, -0.15) is 0 Å². The largest absolute Gasteiger partial charge is 0.443 e. The lowest BCUT2D eigenvalue weighted by molar-refractivity contribution is 0.0372. The van der Waals surface area contributed by atoms with Gasteiger partial charge in [0.15, 0.2) is 0 Å². The summed E-state index contributed by atoms with van der Waals surface area (Å²) in [4.78, 5) is 37.8. The van der Waals surface area contributed by atoms with Crippen molar-refractivity contribution in [2.24, 2.45) is 9.98 Å². The summed E-state index contributed by atoms with van der Waals surface area (Å²) in [6, 6.07) is 16.4. The van der Waals surface area contributed by atoms with Gasteiger partial charge in [0.05, 0.1) is 11.4 Å². The molecule has 2 aromatic carbocycles. The minimum absolute atomic E-state index is 0.332. The Morgan fingerprint density at radius 2 is 1.00 bits per heavy atom. The van der Waals surface area contributed by atoms with Crippen molar-refractivity contribution >= 4 is 35.2 Å². The van der Waals surface area contributed by atoms with Crippen molar-refractivity contribution in [3.63, 3.8) is 0 Å². The highest BCUT2D eigenvalue weighted by molar-refractivity contribution is 5.99. The Morgan fingerprint density at radius 1 is 0.650 bits per heavy atom. The number of aliphatic imine (C=N–C) groups is 2. The summed E-state index contributed by atoms with van der Waals surface area (Å²) in [6.07, 6.45) is 4.46. The summed E-state index contributed by atoms with van der Waals surface area (Å²) in [5, 5.41) is 0. The highest BCUT2D eigenvalue weighted by Crippen LogP contribution is 2.24. The highest BCUT2D eigenvalue weighted by Gasteiger charge is 2.30. The predicted molar refractivity (Wildman–Crippen MR) is 159 cm³/mol. The summed E-state index contributed by atoms with van der Waals surface area (Å²) >= 11 is 0. The number of aryl methyl sites for hydroxylation is 2. The first-order valence-corrected chi connectivity index (χ1v) is 14.2. The molecule has 0 N–H and O–H groups in total. The Morgan fingerprint density at radius 3 is 1.32 bits per heavy atom. The lowest BCUT2D eigenvalue weighted by Gasteiger charge is -2.24. The molecule has 40 heavy (non-hydrogen) atoms. The first-order valence-electron chi connectivity index (χ1n) is 14.2. The monoisotopic (exact) mass is 546 g/mol. The Bertz CT molecular complexity index is 1150. The van der Waals surface area contributed by atoms with Crippen molar-refractivity contribution in [3.8, 4) is 0 Å². The van der Waals surface area contributed by atoms with Gasteiger partial charge in [0.2, 0.25) is 0 Å². The number of likely N-dealkylation sites (tertiary alicyclic amines) is 2. The standard InChI is InChI=1S/C32H42N4O4/c1-31(2,3)39-29(37)35-21-7-9-27(35)33-25-17-13-23(14-18-25)11-12-24-15-19-26(20-16-24)34-28-10-8-22-36(28)30(38)40-32(4,5)6/h13-20H,7-12,21-22H2,1-6H3/b33-27-,34-28+. The van der Waals surface area contributed by atoms with E-state index in [9.17, 15) is 9.59 Å². The molecule has 8 heteroatoms. The van der Waals surface area contributed by atoms with E-state index >= 15 is 0 Å². The number of rotatable bonds is 5. The number of carbonyl (C=O) groups is 2. The quantitative estimate of drug-likeness (QED) is 0.387. The minimum atomic E-state index is -0.528. The minimum Gasteiger partial charge on any atom is -0.443 e. The average Bonchev–Trinajstić information content (AvgIpc) is 3.52. The molecule has 8 nitrogen and oxygen atoms in total. The maximum absolute atomic E-state index is 12.5. The molecule has 2 aromatic rings. The topological polar surface area (TPSA) is 83.8 Å². The van der Waals surface area contributed by atoms with Crippen LogP contribution in [0.25, 0.3) is 0 Å². The van der Waals surface area contributed by atoms with Crippen LogP contribution in [0.1, 0.15) is 78.4 Å². The zero-order chi connectivity index (χ0) is 28.9. The fourth-order valence-electron chi connectivity index (χ4n) is 4.64. The first kappa shape index (κ1) is 29.3. The Balaban J connectivity index is 1.32. The van der Waals surface area contributed by atoms with Gasteiger partial charge >= 0.3 is 12.2 Å². The molecule has 0 bridgehead atoms. The number of hydrogen-bond donors (Lipinski definition) is 0. The van der Waals surface area contributed by atoms with Crippen molar-refractivity contribution in [3.05, 3.63) is 59.7 Å². The second kappa shape index (κ2) is 12.2. The van der Waals surface area contributed by atoms with Crippen LogP contribution in [-0.4, -0.2) is 57.9 Å². The lowest BCUT2D eigenvalue weighted by atomic mass is 10.0. The maximum Gasteiger partial charge on any atom is 0.415 e. The molecule has 2 fully saturated rings. The van der Waals surface area contributed by atoms with Crippen LogP contribution in [0, 0.1) is 0 Å². The zero-order valence-corrected chi connectivity index (χ0v) is 24.7. The molecule has 0 radical (unpaired) electrons.